The Balaban J connectivity index is 2.63. The van der Waals surface area contributed by atoms with Gasteiger partial charge in [0.05, 0.1) is 11.3 Å². The summed E-state index contributed by atoms with van der Waals surface area (Å²) >= 11 is 5.63. The van der Waals surface area contributed by atoms with Gasteiger partial charge in [-0.2, -0.15) is 5.10 Å². The Hall–Kier alpha value is -1.03. The van der Waals surface area contributed by atoms with Gasteiger partial charge >= 0.3 is 0 Å². The first kappa shape index (κ1) is 15.0. The van der Waals surface area contributed by atoms with E-state index < -0.39 is 0 Å². The van der Waals surface area contributed by atoms with Crippen LogP contribution in [-0.2, 0) is 7.05 Å². The molecule has 0 radical (unpaired) electrons. The van der Waals surface area contributed by atoms with Gasteiger partial charge in [0.1, 0.15) is 0 Å². The minimum Gasteiger partial charge on any atom is -0.342 e. The maximum Gasteiger partial charge on any atom is 0.257 e. The normalized spacial score (nSPS) is 10.7. The molecule has 0 bridgehead atoms. The molecule has 1 heterocycles. The molecule has 0 atom stereocenters. The van der Waals surface area contributed by atoms with Gasteiger partial charge in [0.25, 0.3) is 5.91 Å². The third kappa shape index (κ3) is 3.48. The fourth-order valence-electron chi connectivity index (χ4n) is 2.00. The highest BCUT2D eigenvalue weighted by Gasteiger charge is 2.20. The maximum absolute atomic E-state index is 12.3. The summed E-state index contributed by atoms with van der Waals surface area (Å²) in [5.74, 6) is 0.752. The Labute approximate surface area is 114 Å². The standard InChI is InChI=1S/C13H22ClN3O/c1-10-12(11(2)17(4)15-10)13(18)16(3)9-7-5-6-8-14/h5-9H2,1-4H3. The van der Waals surface area contributed by atoms with E-state index in [1.54, 1.807) is 9.58 Å². The molecule has 18 heavy (non-hydrogen) atoms. The summed E-state index contributed by atoms with van der Waals surface area (Å²) in [4.78, 5) is 14.1. The largest absolute Gasteiger partial charge is 0.342 e. The lowest BCUT2D eigenvalue weighted by Crippen LogP contribution is -2.28. The van der Waals surface area contributed by atoms with E-state index in [1.807, 2.05) is 27.9 Å². The van der Waals surface area contributed by atoms with E-state index in [4.69, 9.17) is 11.6 Å². The third-order valence-corrected chi connectivity index (χ3v) is 3.46. The molecule has 0 fully saturated rings. The van der Waals surface area contributed by atoms with Crippen molar-refractivity contribution in [3.05, 3.63) is 17.0 Å². The Morgan fingerprint density at radius 2 is 2.00 bits per heavy atom. The first-order valence-electron chi connectivity index (χ1n) is 6.30. The van der Waals surface area contributed by atoms with Crippen molar-refractivity contribution in [2.24, 2.45) is 7.05 Å². The molecule has 102 valence electrons. The quantitative estimate of drug-likeness (QED) is 0.589. The lowest BCUT2D eigenvalue weighted by Gasteiger charge is -2.17. The number of aryl methyl sites for hydroxylation is 2. The highest BCUT2D eigenvalue weighted by Crippen LogP contribution is 2.14. The minimum absolute atomic E-state index is 0.0592. The molecule has 5 heteroatoms. The van der Waals surface area contributed by atoms with E-state index in [1.165, 1.54) is 0 Å². The van der Waals surface area contributed by atoms with Gasteiger partial charge in [0, 0.05) is 32.2 Å². The van der Waals surface area contributed by atoms with Crippen LogP contribution in [0.4, 0.5) is 0 Å². The van der Waals surface area contributed by atoms with Gasteiger partial charge < -0.3 is 4.90 Å². The second-order valence-corrected chi connectivity index (χ2v) is 5.02. The molecule has 4 nitrogen and oxygen atoms in total. The van der Waals surface area contributed by atoms with Crippen molar-refractivity contribution in [3.63, 3.8) is 0 Å². The fourth-order valence-corrected chi connectivity index (χ4v) is 2.18. The number of unbranched alkanes of at least 4 members (excludes halogenated alkanes) is 2. The zero-order valence-electron chi connectivity index (χ0n) is 11.7. The predicted octanol–water partition coefficient (Wildman–Crippen LogP) is 2.52. The number of carbonyl (C=O) groups excluding carboxylic acids is 1. The van der Waals surface area contributed by atoms with Crippen LogP contribution in [-0.4, -0.2) is 40.1 Å². The van der Waals surface area contributed by atoms with Crippen LogP contribution in [0, 0.1) is 13.8 Å². The van der Waals surface area contributed by atoms with E-state index in [9.17, 15) is 4.79 Å². The van der Waals surface area contributed by atoms with Crippen LogP contribution in [0.1, 0.15) is 41.0 Å². The number of aromatic nitrogens is 2. The van der Waals surface area contributed by atoms with Gasteiger partial charge in [-0.05, 0) is 26.7 Å². The first-order chi connectivity index (χ1) is 8.49. The molecule has 0 aliphatic heterocycles. The molecular weight excluding hydrogens is 250 g/mol. The second kappa shape index (κ2) is 6.78. The van der Waals surface area contributed by atoms with Crippen molar-refractivity contribution in [3.8, 4) is 0 Å². The van der Waals surface area contributed by atoms with Gasteiger partial charge in [-0.1, -0.05) is 6.42 Å². The van der Waals surface area contributed by atoms with Crippen molar-refractivity contribution < 1.29 is 4.79 Å². The zero-order valence-corrected chi connectivity index (χ0v) is 12.4. The number of rotatable bonds is 6. The Morgan fingerprint density at radius 1 is 1.33 bits per heavy atom. The summed E-state index contributed by atoms with van der Waals surface area (Å²) < 4.78 is 1.75. The summed E-state index contributed by atoms with van der Waals surface area (Å²) in [5, 5.41) is 4.28. The van der Waals surface area contributed by atoms with Gasteiger partial charge in [0.15, 0.2) is 0 Å². The molecule has 1 amide bonds. The topological polar surface area (TPSA) is 38.1 Å². The summed E-state index contributed by atoms with van der Waals surface area (Å²) in [6.07, 6.45) is 3.06. The highest BCUT2D eigenvalue weighted by molar-refractivity contribution is 6.17. The van der Waals surface area contributed by atoms with Crippen molar-refractivity contribution in [1.82, 2.24) is 14.7 Å². The van der Waals surface area contributed by atoms with E-state index >= 15 is 0 Å². The molecule has 0 saturated heterocycles. The SMILES string of the molecule is Cc1nn(C)c(C)c1C(=O)N(C)CCCCCCl. The first-order valence-corrected chi connectivity index (χ1v) is 6.84. The smallest absolute Gasteiger partial charge is 0.257 e. The molecule has 0 N–H and O–H groups in total. The van der Waals surface area contributed by atoms with Crippen LogP contribution in [0.3, 0.4) is 0 Å². The molecule has 0 aromatic carbocycles. The van der Waals surface area contributed by atoms with Crippen LogP contribution >= 0.6 is 11.6 Å². The molecule has 0 unspecified atom stereocenters. The van der Waals surface area contributed by atoms with Gasteiger partial charge in [-0.25, -0.2) is 0 Å². The van der Waals surface area contributed by atoms with Crippen LogP contribution in [0.25, 0.3) is 0 Å². The van der Waals surface area contributed by atoms with Crippen molar-refractivity contribution in [1.29, 1.82) is 0 Å². The summed E-state index contributed by atoms with van der Waals surface area (Å²) in [6, 6.07) is 0. The summed E-state index contributed by atoms with van der Waals surface area (Å²) in [5.41, 5.74) is 2.45. The van der Waals surface area contributed by atoms with Crippen molar-refractivity contribution in [2.45, 2.75) is 33.1 Å². The van der Waals surface area contributed by atoms with Crippen molar-refractivity contribution in [2.75, 3.05) is 19.5 Å². The van der Waals surface area contributed by atoms with Gasteiger partial charge in [-0.15, -0.1) is 11.6 Å². The fraction of sp³-hybridized carbons (Fsp3) is 0.692. The molecule has 1 rings (SSSR count). The van der Waals surface area contributed by atoms with E-state index in [-0.39, 0.29) is 5.91 Å². The Bertz CT molecular complexity index is 415. The minimum atomic E-state index is 0.0592. The third-order valence-electron chi connectivity index (χ3n) is 3.20. The average molecular weight is 272 g/mol. The van der Waals surface area contributed by atoms with Gasteiger partial charge in [-0.3, -0.25) is 9.48 Å². The van der Waals surface area contributed by atoms with E-state index in [2.05, 4.69) is 5.10 Å². The maximum atomic E-state index is 12.3. The Kier molecular flexibility index (Phi) is 5.66. The van der Waals surface area contributed by atoms with E-state index in [0.717, 1.165) is 42.8 Å². The van der Waals surface area contributed by atoms with Crippen LogP contribution in [0.5, 0.6) is 0 Å². The molecule has 0 aliphatic carbocycles. The number of carbonyl (C=O) groups is 1. The number of hydrogen-bond donors (Lipinski definition) is 0. The number of hydrogen-bond acceptors (Lipinski definition) is 2. The molecule has 0 aliphatic rings. The lowest BCUT2D eigenvalue weighted by atomic mass is 10.1. The summed E-state index contributed by atoms with van der Waals surface area (Å²) in [7, 11) is 3.70. The second-order valence-electron chi connectivity index (χ2n) is 4.65. The van der Waals surface area contributed by atoms with E-state index in [0.29, 0.717) is 5.88 Å². The van der Waals surface area contributed by atoms with Gasteiger partial charge in [0.2, 0.25) is 0 Å². The van der Waals surface area contributed by atoms with Crippen LogP contribution in [0.15, 0.2) is 0 Å². The monoisotopic (exact) mass is 271 g/mol. The van der Waals surface area contributed by atoms with Crippen LogP contribution < -0.4 is 0 Å². The number of halogens is 1. The zero-order chi connectivity index (χ0) is 13.7. The molecule has 1 aromatic rings. The number of nitrogens with zero attached hydrogens (tertiary/aromatic N) is 3. The van der Waals surface area contributed by atoms with Crippen LogP contribution in [0.2, 0.25) is 0 Å². The highest BCUT2D eigenvalue weighted by atomic mass is 35.5. The summed E-state index contributed by atoms with van der Waals surface area (Å²) in [6.45, 7) is 4.57. The molecule has 0 spiro atoms. The lowest BCUT2D eigenvalue weighted by molar-refractivity contribution is 0.0791. The van der Waals surface area contributed by atoms with Crippen molar-refractivity contribution >= 4 is 17.5 Å². The molecule has 1 aromatic heterocycles. The Morgan fingerprint density at radius 3 is 2.50 bits per heavy atom. The number of alkyl halides is 1. The molecular formula is C13H22ClN3O. The predicted molar refractivity (Wildman–Crippen MR) is 74.2 cm³/mol. The average Bonchev–Trinajstić information content (AvgIpc) is 2.58. The molecule has 0 saturated carbocycles. The number of amides is 1.